The van der Waals surface area contributed by atoms with E-state index in [0.717, 1.165) is 19.1 Å². The van der Waals surface area contributed by atoms with Crippen LogP contribution in [0.15, 0.2) is 11.8 Å². The molecular weight excluding hydrogens is 230 g/mol. The smallest absolute Gasteiger partial charge is 0.0876 e. The molecule has 1 saturated heterocycles. The zero-order valence-corrected chi connectivity index (χ0v) is 11.7. The van der Waals surface area contributed by atoms with Gasteiger partial charge in [0.15, 0.2) is 0 Å². The molecule has 2 nitrogen and oxygen atoms in total. The molecule has 1 atom stereocenters. The molecule has 0 bridgehead atoms. The molecule has 98 valence electrons. The van der Waals surface area contributed by atoms with Crippen LogP contribution in [0.25, 0.3) is 0 Å². The van der Waals surface area contributed by atoms with Gasteiger partial charge in [0.25, 0.3) is 0 Å². The second-order valence-electron chi connectivity index (χ2n) is 5.07. The number of ether oxygens (including phenoxy) is 1. The van der Waals surface area contributed by atoms with Crippen LogP contribution in [-0.4, -0.2) is 30.7 Å². The maximum atomic E-state index is 5.49. The van der Waals surface area contributed by atoms with Gasteiger partial charge in [-0.25, -0.2) is 0 Å². The van der Waals surface area contributed by atoms with Crippen LogP contribution in [0.2, 0.25) is 0 Å². The first kappa shape index (κ1) is 13.3. The fraction of sp³-hybridized carbons (Fsp3) is 0.857. The molecule has 1 unspecified atom stereocenters. The quantitative estimate of drug-likeness (QED) is 0.815. The van der Waals surface area contributed by atoms with Gasteiger partial charge in [-0.2, -0.15) is 11.8 Å². The van der Waals surface area contributed by atoms with Crippen molar-refractivity contribution in [1.29, 1.82) is 0 Å². The van der Waals surface area contributed by atoms with Gasteiger partial charge in [0.2, 0.25) is 0 Å². The maximum Gasteiger partial charge on any atom is 0.0876 e. The number of rotatable bonds is 5. The van der Waals surface area contributed by atoms with Crippen LogP contribution in [0, 0.1) is 5.92 Å². The molecule has 0 aromatic heterocycles. The Morgan fingerprint density at radius 3 is 2.94 bits per heavy atom. The SMILES string of the molecule is CCNC(CC1CCSCC1)C1=COCCC1. The Morgan fingerprint density at radius 2 is 2.29 bits per heavy atom. The third kappa shape index (κ3) is 4.22. The standard InChI is InChI=1S/C14H25NOS/c1-2-15-14(13-4-3-7-16-11-13)10-12-5-8-17-9-6-12/h11-12,14-15H,2-10H2,1H3. The van der Waals surface area contributed by atoms with E-state index < -0.39 is 0 Å². The van der Waals surface area contributed by atoms with E-state index in [4.69, 9.17) is 4.74 Å². The van der Waals surface area contributed by atoms with Crippen molar-refractivity contribution in [2.75, 3.05) is 24.7 Å². The van der Waals surface area contributed by atoms with Gasteiger partial charge in [-0.05, 0) is 61.6 Å². The highest BCUT2D eigenvalue weighted by atomic mass is 32.2. The number of thioether (sulfide) groups is 1. The van der Waals surface area contributed by atoms with Crippen molar-refractivity contribution in [2.45, 2.75) is 45.1 Å². The Morgan fingerprint density at radius 1 is 1.47 bits per heavy atom. The van der Waals surface area contributed by atoms with E-state index in [1.807, 2.05) is 6.26 Å². The molecule has 3 heteroatoms. The second kappa shape index (κ2) is 7.32. The fourth-order valence-corrected chi connectivity index (χ4v) is 3.97. The summed E-state index contributed by atoms with van der Waals surface area (Å²) in [4.78, 5) is 0. The molecule has 1 N–H and O–H groups in total. The molecule has 1 fully saturated rings. The van der Waals surface area contributed by atoms with Crippen molar-refractivity contribution in [3.63, 3.8) is 0 Å². The third-order valence-corrected chi connectivity index (χ3v) is 4.82. The van der Waals surface area contributed by atoms with Gasteiger partial charge in [0.05, 0.1) is 12.9 Å². The summed E-state index contributed by atoms with van der Waals surface area (Å²) in [6.07, 6.45) is 8.55. The Kier molecular flexibility index (Phi) is 5.72. The van der Waals surface area contributed by atoms with Crippen LogP contribution in [0.3, 0.4) is 0 Å². The number of nitrogens with one attached hydrogen (secondary N) is 1. The van der Waals surface area contributed by atoms with Crippen molar-refractivity contribution in [3.05, 3.63) is 11.8 Å². The van der Waals surface area contributed by atoms with Crippen LogP contribution >= 0.6 is 11.8 Å². The molecule has 0 amide bonds. The van der Waals surface area contributed by atoms with Gasteiger partial charge in [-0.15, -0.1) is 0 Å². The van der Waals surface area contributed by atoms with E-state index in [2.05, 4.69) is 24.0 Å². The molecule has 0 aromatic rings. The highest BCUT2D eigenvalue weighted by Crippen LogP contribution is 2.29. The van der Waals surface area contributed by atoms with Gasteiger partial charge in [-0.3, -0.25) is 0 Å². The number of hydrogen-bond donors (Lipinski definition) is 1. The largest absolute Gasteiger partial charge is 0.501 e. The number of likely N-dealkylation sites (N-methyl/N-ethyl adjacent to an activating group) is 1. The number of hydrogen-bond acceptors (Lipinski definition) is 3. The lowest BCUT2D eigenvalue weighted by atomic mass is 9.89. The Hall–Kier alpha value is -0.150. The summed E-state index contributed by atoms with van der Waals surface area (Å²) in [6.45, 7) is 4.17. The summed E-state index contributed by atoms with van der Waals surface area (Å²) >= 11 is 2.11. The third-order valence-electron chi connectivity index (χ3n) is 3.77. The minimum absolute atomic E-state index is 0.563. The summed E-state index contributed by atoms with van der Waals surface area (Å²) in [6, 6.07) is 0.563. The molecule has 2 aliphatic rings. The van der Waals surface area contributed by atoms with Crippen LogP contribution in [0.4, 0.5) is 0 Å². The molecule has 2 aliphatic heterocycles. The summed E-state index contributed by atoms with van der Waals surface area (Å²) in [5, 5.41) is 3.64. The maximum absolute atomic E-state index is 5.49. The molecular formula is C14H25NOS. The summed E-state index contributed by atoms with van der Waals surface area (Å²) < 4.78 is 5.49. The zero-order chi connectivity index (χ0) is 11.9. The van der Waals surface area contributed by atoms with Crippen LogP contribution in [0.5, 0.6) is 0 Å². The zero-order valence-electron chi connectivity index (χ0n) is 10.9. The minimum Gasteiger partial charge on any atom is -0.501 e. The summed E-state index contributed by atoms with van der Waals surface area (Å²) in [5.74, 6) is 3.64. The predicted octanol–water partition coefficient (Wildman–Crippen LogP) is 3.19. The van der Waals surface area contributed by atoms with Gasteiger partial charge in [0.1, 0.15) is 0 Å². The fourth-order valence-electron chi connectivity index (χ4n) is 2.77. The van der Waals surface area contributed by atoms with Crippen LogP contribution < -0.4 is 5.32 Å². The van der Waals surface area contributed by atoms with E-state index in [1.54, 1.807) is 0 Å². The van der Waals surface area contributed by atoms with E-state index in [0.29, 0.717) is 6.04 Å². The Bertz CT molecular complexity index is 249. The molecule has 0 radical (unpaired) electrons. The molecule has 0 aliphatic carbocycles. The predicted molar refractivity (Wildman–Crippen MR) is 75.4 cm³/mol. The van der Waals surface area contributed by atoms with Gasteiger partial charge in [0, 0.05) is 6.04 Å². The molecule has 0 spiro atoms. The van der Waals surface area contributed by atoms with Gasteiger partial charge in [-0.1, -0.05) is 6.92 Å². The second-order valence-corrected chi connectivity index (χ2v) is 6.29. The topological polar surface area (TPSA) is 21.3 Å². The molecule has 0 aromatic carbocycles. The summed E-state index contributed by atoms with van der Waals surface area (Å²) in [5.41, 5.74) is 1.50. The lowest BCUT2D eigenvalue weighted by Gasteiger charge is -2.29. The van der Waals surface area contributed by atoms with E-state index in [9.17, 15) is 0 Å². The Labute approximate surface area is 110 Å². The normalized spacial score (nSPS) is 23.9. The molecule has 17 heavy (non-hydrogen) atoms. The van der Waals surface area contributed by atoms with E-state index in [1.165, 1.54) is 49.2 Å². The monoisotopic (exact) mass is 255 g/mol. The first-order chi connectivity index (χ1) is 8.40. The first-order valence-electron chi connectivity index (χ1n) is 7.01. The van der Waals surface area contributed by atoms with Crippen molar-refractivity contribution in [1.82, 2.24) is 5.32 Å². The highest BCUT2D eigenvalue weighted by molar-refractivity contribution is 7.99. The lowest BCUT2D eigenvalue weighted by Crippen LogP contribution is -2.34. The summed E-state index contributed by atoms with van der Waals surface area (Å²) in [7, 11) is 0. The Balaban J connectivity index is 1.88. The van der Waals surface area contributed by atoms with Crippen molar-refractivity contribution in [2.24, 2.45) is 5.92 Å². The average Bonchev–Trinajstić information content (AvgIpc) is 2.40. The van der Waals surface area contributed by atoms with E-state index >= 15 is 0 Å². The van der Waals surface area contributed by atoms with Crippen LogP contribution in [0.1, 0.15) is 39.0 Å². The lowest BCUT2D eigenvalue weighted by molar-refractivity contribution is 0.216. The molecule has 2 heterocycles. The highest BCUT2D eigenvalue weighted by Gasteiger charge is 2.22. The van der Waals surface area contributed by atoms with Gasteiger partial charge >= 0.3 is 0 Å². The molecule has 0 saturated carbocycles. The van der Waals surface area contributed by atoms with E-state index in [-0.39, 0.29) is 0 Å². The van der Waals surface area contributed by atoms with Crippen LogP contribution in [-0.2, 0) is 4.74 Å². The first-order valence-corrected chi connectivity index (χ1v) is 8.17. The van der Waals surface area contributed by atoms with Crippen molar-refractivity contribution < 1.29 is 4.74 Å². The van der Waals surface area contributed by atoms with Crippen molar-refractivity contribution in [3.8, 4) is 0 Å². The molecule has 2 rings (SSSR count). The van der Waals surface area contributed by atoms with Crippen molar-refractivity contribution >= 4 is 11.8 Å². The minimum atomic E-state index is 0.563. The average molecular weight is 255 g/mol. The van der Waals surface area contributed by atoms with Gasteiger partial charge < -0.3 is 10.1 Å².